The standard InChI is InChI=1S/C9H9BrN2O2/c10-8-2-1-6(5-11-8)7-3-4-14-9(13)12-7/h1-2,5,7H,3-4H2,(H,12,13). The van der Waals surface area contributed by atoms with Crippen molar-refractivity contribution >= 4 is 22.0 Å². The molecule has 74 valence electrons. The molecule has 4 nitrogen and oxygen atoms in total. The number of cyclic esters (lactones) is 1. The molecule has 1 aliphatic rings. The first-order valence-corrected chi connectivity index (χ1v) is 5.10. The van der Waals surface area contributed by atoms with Crippen molar-refractivity contribution in [1.82, 2.24) is 10.3 Å². The van der Waals surface area contributed by atoms with Crippen LogP contribution in [0.25, 0.3) is 0 Å². The minimum Gasteiger partial charge on any atom is -0.449 e. The highest BCUT2D eigenvalue weighted by Gasteiger charge is 2.20. The maximum absolute atomic E-state index is 11.0. The van der Waals surface area contributed by atoms with Gasteiger partial charge in [0, 0.05) is 12.6 Å². The molecule has 1 amide bonds. The summed E-state index contributed by atoms with van der Waals surface area (Å²) in [5, 5.41) is 2.74. The number of amides is 1. The van der Waals surface area contributed by atoms with Gasteiger partial charge in [0.05, 0.1) is 12.6 Å². The van der Waals surface area contributed by atoms with Gasteiger partial charge in [0.15, 0.2) is 0 Å². The summed E-state index contributed by atoms with van der Waals surface area (Å²) in [6.45, 7) is 0.465. The van der Waals surface area contributed by atoms with Gasteiger partial charge in [-0.15, -0.1) is 0 Å². The molecular weight excluding hydrogens is 248 g/mol. The van der Waals surface area contributed by atoms with Gasteiger partial charge >= 0.3 is 6.09 Å². The van der Waals surface area contributed by atoms with Gasteiger partial charge in [-0.25, -0.2) is 9.78 Å². The van der Waals surface area contributed by atoms with Crippen LogP contribution in [0, 0.1) is 0 Å². The van der Waals surface area contributed by atoms with Crippen molar-refractivity contribution in [3.8, 4) is 0 Å². The molecule has 0 bridgehead atoms. The zero-order chi connectivity index (χ0) is 9.97. The van der Waals surface area contributed by atoms with E-state index in [2.05, 4.69) is 26.2 Å². The monoisotopic (exact) mass is 256 g/mol. The van der Waals surface area contributed by atoms with Gasteiger partial charge in [-0.2, -0.15) is 0 Å². The molecule has 5 heteroatoms. The Bertz CT molecular complexity index is 339. The van der Waals surface area contributed by atoms with E-state index in [0.717, 1.165) is 16.6 Å². The number of hydrogen-bond acceptors (Lipinski definition) is 3. The number of rotatable bonds is 1. The van der Waals surface area contributed by atoms with E-state index in [4.69, 9.17) is 4.74 Å². The van der Waals surface area contributed by atoms with E-state index < -0.39 is 0 Å². The Labute approximate surface area is 89.8 Å². The van der Waals surface area contributed by atoms with Gasteiger partial charge in [-0.3, -0.25) is 0 Å². The van der Waals surface area contributed by atoms with Crippen LogP contribution in [0.4, 0.5) is 4.79 Å². The number of carbonyl (C=O) groups excluding carboxylic acids is 1. The van der Waals surface area contributed by atoms with Crippen LogP contribution >= 0.6 is 15.9 Å². The summed E-state index contributed by atoms with van der Waals surface area (Å²) >= 11 is 3.26. The minimum absolute atomic E-state index is 0.0249. The van der Waals surface area contributed by atoms with E-state index in [1.807, 2.05) is 12.1 Å². The summed E-state index contributed by atoms with van der Waals surface area (Å²) in [5.41, 5.74) is 1.00. The lowest BCUT2D eigenvalue weighted by Gasteiger charge is -2.23. The maximum atomic E-state index is 11.0. The highest BCUT2D eigenvalue weighted by atomic mass is 79.9. The smallest absolute Gasteiger partial charge is 0.407 e. The molecule has 14 heavy (non-hydrogen) atoms. The topological polar surface area (TPSA) is 51.2 Å². The zero-order valence-electron chi connectivity index (χ0n) is 7.37. The van der Waals surface area contributed by atoms with Gasteiger partial charge in [0.25, 0.3) is 0 Å². The van der Waals surface area contributed by atoms with Crippen LogP contribution in [0.1, 0.15) is 18.0 Å². The number of alkyl carbamates (subject to hydrolysis) is 1. The van der Waals surface area contributed by atoms with E-state index in [1.54, 1.807) is 6.20 Å². The van der Waals surface area contributed by atoms with Crippen molar-refractivity contribution in [2.24, 2.45) is 0 Å². The van der Waals surface area contributed by atoms with Crippen molar-refractivity contribution in [2.75, 3.05) is 6.61 Å². The van der Waals surface area contributed by atoms with Gasteiger partial charge < -0.3 is 10.1 Å². The third-order valence-corrected chi connectivity index (χ3v) is 2.55. The molecular formula is C9H9BrN2O2. The normalized spacial score (nSPS) is 21.2. The molecule has 0 spiro atoms. The molecule has 1 fully saturated rings. The third-order valence-electron chi connectivity index (χ3n) is 2.08. The molecule has 0 aromatic carbocycles. The van der Waals surface area contributed by atoms with E-state index in [0.29, 0.717) is 6.61 Å². The lowest BCUT2D eigenvalue weighted by molar-refractivity contribution is 0.115. The van der Waals surface area contributed by atoms with Crippen molar-refractivity contribution < 1.29 is 9.53 Å². The summed E-state index contributed by atoms with van der Waals surface area (Å²) < 4.78 is 5.56. The van der Waals surface area contributed by atoms with Crippen molar-refractivity contribution in [1.29, 1.82) is 0 Å². The Kier molecular flexibility index (Phi) is 2.67. The molecule has 1 N–H and O–H groups in total. The minimum atomic E-state index is -0.357. The Hall–Kier alpha value is -1.10. The van der Waals surface area contributed by atoms with Crippen LogP contribution in [0.3, 0.4) is 0 Å². The predicted octanol–water partition coefficient (Wildman–Crippen LogP) is 2.02. The lowest BCUT2D eigenvalue weighted by atomic mass is 10.1. The Morgan fingerprint density at radius 1 is 1.57 bits per heavy atom. The average Bonchev–Trinajstić information content (AvgIpc) is 2.19. The van der Waals surface area contributed by atoms with Crippen LogP contribution in [0.2, 0.25) is 0 Å². The lowest BCUT2D eigenvalue weighted by Crippen LogP contribution is -2.35. The molecule has 1 aromatic rings. The average molecular weight is 257 g/mol. The molecule has 1 aromatic heterocycles. The van der Waals surface area contributed by atoms with Crippen LogP contribution < -0.4 is 5.32 Å². The van der Waals surface area contributed by atoms with Crippen LogP contribution in [0.5, 0.6) is 0 Å². The Morgan fingerprint density at radius 2 is 2.43 bits per heavy atom. The zero-order valence-corrected chi connectivity index (χ0v) is 8.95. The fraction of sp³-hybridized carbons (Fsp3) is 0.333. The van der Waals surface area contributed by atoms with Crippen LogP contribution in [0.15, 0.2) is 22.9 Å². The fourth-order valence-electron chi connectivity index (χ4n) is 1.37. The molecule has 1 unspecified atom stereocenters. The van der Waals surface area contributed by atoms with Gasteiger partial charge in [-0.1, -0.05) is 6.07 Å². The van der Waals surface area contributed by atoms with E-state index in [-0.39, 0.29) is 12.1 Å². The SMILES string of the molecule is O=C1NC(c2ccc(Br)nc2)CCO1. The van der Waals surface area contributed by atoms with E-state index >= 15 is 0 Å². The quantitative estimate of drug-likeness (QED) is 0.783. The number of halogens is 1. The molecule has 1 atom stereocenters. The summed E-state index contributed by atoms with van der Waals surface area (Å²) in [5.74, 6) is 0. The highest BCUT2D eigenvalue weighted by molar-refractivity contribution is 9.10. The second-order valence-electron chi connectivity index (χ2n) is 3.04. The Morgan fingerprint density at radius 3 is 3.07 bits per heavy atom. The second kappa shape index (κ2) is 3.96. The van der Waals surface area contributed by atoms with Crippen LogP contribution in [-0.4, -0.2) is 17.7 Å². The number of aromatic nitrogens is 1. The maximum Gasteiger partial charge on any atom is 0.407 e. The van der Waals surface area contributed by atoms with E-state index in [9.17, 15) is 4.79 Å². The van der Waals surface area contributed by atoms with Gasteiger partial charge in [0.1, 0.15) is 4.60 Å². The molecule has 1 saturated heterocycles. The second-order valence-corrected chi connectivity index (χ2v) is 3.85. The Balaban J connectivity index is 2.14. The van der Waals surface area contributed by atoms with Gasteiger partial charge in [0.2, 0.25) is 0 Å². The highest BCUT2D eigenvalue weighted by Crippen LogP contribution is 2.20. The number of pyridine rings is 1. The van der Waals surface area contributed by atoms with E-state index in [1.165, 1.54) is 0 Å². The molecule has 2 heterocycles. The predicted molar refractivity (Wildman–Crippen MR) is 53.8 cm³/mol. The van der Waals surface area contributed by atoms with Crippen molar-refractivity contribution in [3.63, 3.8) is 0 Å². The first-order valence-electron chi connectivity index (χ1n) is 4.30. The summed E-state index contributed by atoms with van der Waals surface area (Å²) in [6, 6.07) is 3.82. The van der Waals surface area contributed by atoms with Crippen molar-refractivity contribution in [3.05, 3.63) is 28.5 Å². The number of hydrogen-bond donors (Lipinski definition) is 1. The number of ether oxygens (including phenoxy) is 1. The first-order chi connectivity index (χ1) is 6.75. The summed E-state index contributed by atoms with van der Waals surface area (Å²) in [7, 11) is 0. The molecule has 2 rings (SSSR count). The fourth-order valence-corrected chi connectivity index (χ4v) is 1.60. The van der Waals surface area contributed by atoms with Gasteiger partial charge in [-0.05, 0) is 27.6 Å². The first kappa shape index (κ1) is 9.45. The number of nitrogens with one attached hydrogen (secondary N) is 1. The molecule has 1 aliphatic heterocycles. The molecule has 0 aliphatic carbocycles. The summed E-state index contributed by atoms with van der Waals surface area (Å²) in [4.78, 5) is 15.1. The third kappa shape index (κ3) is 2.04. The molecule has 0 radical (unpaired) electrons. The van der Waals surface area contributed by atoms with Crippen molar-refractivity contribution in [2.45, 2.75) is 12.5 Å². The molecule has 0 saturated carbocycles. The summed E-state index contributed by atoms with van der Waals surface area (Å²) in [6.07, 6.45) is 2.18. The number of carbonyl (C=O) groups is 1. The number of nitrogens with zero attached hydrogens (tertiary/aromatic N) is 1. The largest absolute Gasteiger partial charge is 0.449 e. The van der Waals surface area contributed by atoms with Crippen LogP contribution in [-0.2, 0) is 4.74 Å².